The molecule has 23 heavy (non-hydrogen) atoms. The second-order valence-corrected chi connectivity index (χ2v) is 6.67. The Hall–Kier alpha value is -1.62. The van der Waals surface area contributed by atoms with Crippen LogP contribution in [0.25, 0.3) is 0 Å². The second kappa shape index (κ2) is 6.87. The summed E-state index contributed by atoms with van der Waals surface area (Å²) in [6.45, 7) is 5.95. The van der Waals surface area contributed by atoms with Gasteiger partial charge in [0.05, 0.1) is 24.9 Å². The molecule has 0 unspecified atom stereocenters. The Balaban J connectivity index is 1.81. The number of hydrogen-bond donors (Lipinski definition) is 0. The van der Waals surface area contributed by atoms with Crippen LogP contribution in [0.1, 0.15) is 55.1 Å². The van der Waals surface area contributed by atoms with Gasteiger partial charge in [0.1, 0.15) is 0 Å². The molecule has 1 aliphatic carbocycles. The number of aryl methyl sites for hydroxylation is 2. The molecule has 2 aliphatic rings. The topological polar surface area (TPSA) is 47.4 Å². The molecule has 0 N–H and O–H groups in total. The van der Waals surface area contributed by atoms with Gasteiger partial charge in [-0.15, -0.1) is 0 Å². The first kappa shape index (κ1) is 16.2. The van der Waals surface area contributed by atoms with Crippen LogP contribution in [0.5, 0.6) is 0 Å². The summed E-state index contributed by atoms with van der Waals surface area (Å²) >= 11 is 0. The van der Waals surface area contributed by atoms with Gasteiger partial charge >= 0.3 is 0 Å². The Kier molecular flexibility index (Phi) is 4.85. The number of carbonyl (C=O) groups excluding carboxylic acids is 1. The lowest BCUT2D eigenvalue weighted by molar-refractivity contribution is -0.139. The fourth-order valence-electron chi connectivity index (χ4n) is 3.77. The zero-order valence-electron chi connectivity index (χ0n) is 14.5. The monoisotopic (exact) mass is 317 g/mol. The van der Waals surface area contributed by atoms with Gasteiger partial charge < -0.3 is 9.64 Å². The van der Waals surface area contributed by atoms with Gasteiger partial charge in [0.25, 0.3) is 0 Å². The highest BCUT2D eigenvalue weighted by Gasteiger charge is 2.32. The molecule has 2 heterocycles. The standard InChI is InChI=1S/C18H27N3O2/c1-13-18(14(2)20(3)19-13)16-12-23-10-9-21(16)17(22)11-15-7-5-4-6-8-15/h7,16H,4-6,8-12H2,1-3H3/t16-/m1/s1. The van der Waals surface area contributed by atoms with Crippen molar-refractivity contribution in [2.45, 2.75) is 52.0 Å². The predicted octanol–water partition coefficient (Wildman–Crippen LogP) is 2.83. The minimum Gasteiger partial charge on any atom is -0.377 e. The number of morpholine rings is 1. The van der Waals surface area contributed by atoms with Gasteiger partial charge in [-0.05, 0) is 39.5 Å². The Morgan fingerprint density at radius 1 is 1.39 bits per heavy atom. The van der Waals surface area contributed by atoms with Crippen molar-refractivity contribution in [1.29, 1.82) is 0 Å². The number of hydrogen-bond acceptors (Lipinski definition) is 3. The van der Waals surface area contributed by atoms with E-state index in [-0.39, 0.29) is 11.9 Å². The minimum atomic E-state index is -0.00543. The fraction of sp³-hybridized carbons (Fsp3) is 0.667. The first-order valence-electron chi connectivity index (χ1n) is 8.63. The van der Waals surface area contributed by atoms with Crippen LogP contribution < -0.4 is 0 Å². The van der Waals surface area contributed by atoms with Crippen molar-refractivity contribution in [3.8, 4) is 0 Å². The lowest BCUT2D eigenvalue weighted by Gasteiger charge is -2.36. The number of ether oxygens (including phenoxy) is 1. The van der Waals surface area contributed by atoms with E-state index in [9.17, 15) is 4.79 Å². The minimum absolute atomic E-state index is 0.00543. The zero-order valence-corrected chi connectivity index (χ0v) is 14.5. The van der Waals surface area contributed by atoms with E-state index in [1.807, 2.05) is 23.6 Å². The third-order valence-corrected chi connectivity index (χ3v) is 5.11. The molecule has 0 saturated carbocycles. The Morgan fingerprint density at radius 3 is 2.87 bits per heavy atom. The summed E-state index contributed by atoms with van der Waals surface area (Å²) in [5.41, 5.74) is 4.58. The summed E-state index contributed by atoms with van der Waals surface area (Å²) in [6, 6.07) is -0.00543. The summed E-state index contributed by atoms with van der Waals surface area (Å²) in [4.78, 5) is 14.9. The van der Waals surface area contributed by atoms with Crippen LogP contribution in [0, 0.1) is 13.8 Å². The molecule has 1 aliphatic heterocycles. The van der Waals surface area contributed by atoms with E-state index in [1.165, 1.54) is 18.4 Å². The first-order chi connectivity index (χ1) is 11.1. The molecule has 1 aromatic heterocycles. The first-order valence-corrected chi connectivity index (χ1v) is 8.63. The number of aromatic nitrogens is 2. The Labute approximate surface area is 138 Å². The van der Waals surface area contributed by atoms with E-state index in [0.717, 1.165) is 29.8 Å². The summed E-state index contributed by atoms with van der Waals surface area (Å²) in [5, 5.41) is 4.51. The van der Waals surface area contributed by atoms with Gasteiger partial charge in [-0.2, -0.15) is 5.10 Å². The molecule has 0 bridgehead atoms. The molecular formula is C18H27N3O2. The highest BCUT2D eigenvalue weighted by molar-refractivity contribution is 5.79. The normalized spacial score (nSPS) is 22.1. The van der Waals surface area contributed by atoms with E-state index in [2.05, 4.69) is 18.1 Å². The third kappa shape index (κ3) is 3.34. The molecule has 1 aromatic rings. The van der Waals surface area contributed by atoms with Crippen LogP contribution in [0.15, 0.2) is 11.6 Å². The number of amides is 1. The maximum absolute atomic E-state index is 12.9. The van der Waals surface area contributed by atoms with E-state index < -0.39 is 0 Å². The Bertz CT molecular complexity index is 618. The number of rotatable bonds is 3. The Morgan fingerprint density at radius 2 is 2.22 bits per heavy atom. The van der Waals surface area contributed by atoms with Crippen LogP contribution in [-0.4, -0.2) is 40.3 Å². The molecular weight excluding hydrogens is 290 g/mol. The maximum atomic E-state index is 12.9. The molecule has 1 saturated heterocycles. The molecule has 1 fully saturated rings. The summed E-state index contributed by atoms with van der Waals surface area (Å²) in [7, 11) is 1.95. The molecule has 0 aromatic carbocycles. The fourth-order valence-corrected chi connectivity index (χ4v) is 3.77. The van der Waals surface area contributed by atoms with Gasteiger partial charge in [0, 0.05) is 31.3 Å². The van der Waals surface area contributed by atoms with Gasteiger partial charge in [-0.1, -0.05) is 11.6 Å². The van der Waals surface area contributed by atoms with E-state index in [0.29, 0.717) is 26.2 Å². The lowest BCUT2D eigenvalue weighted by atomic mass is 9.95. The molecule has 1 atom stereocenters. The molecule has 126 valence electrons. The van der Waals surface area contributed by atoms with Crippen LogP contribution in [0.3, 0.4) is 0 Å². The molecule has 1 amide bonds. The summed E-state index contributed by atoms with van der Waals surface area (Å²) in [5.74, 6) is 0.231. The van der Waals surface area contributed by atoms with Crippen LogP contribution >= 0.6 is 0 Å². The van der Waals surface area contributed by atoms with E-state index in [4.69, 9.17) is 4.74 Å². The number of allylic oxidation sites excluding steroid dienone is 1. The van der Waals surface area contributed by atoms with Crippen molar-refractivity contribution in [2.24, 2.45) is 7.05 Å². The van der Waals surface area contributed by atoms with Crippen LogP contribution in [0.4, 0.5) is 0 Å². The van der Waals surface area contributed by atoms with Crippen molar-refractivity contribution in [2.75, 3.05) is 19.8 Å². The van der Waals surface area contributed by atoms with Gasteiger partial charge in [0.2, 0.25) is 5.91 Å². The number of nitrogens with zero attached hydrogens (tertiary/aromatic N) is 3. The van der Waals surface area contributed by atoms with Crippen LogP contribution in [0.2, 0.25) is 0 Å². The molecule has 0 spiro atoms. The highest BCUT2D eigenvalue weighted by atomic mass is 16.5. The van der Waals surface area contributed by atoms with Gasteiger partial charge in [-0.25, -0.2) is 0 Å². The highest BCUT2D eigenvalue weighted by Crippen LogP contribution is 2.31. The number of carbonyl (C=O) groups is 1. The predicted molar refractivity (Wildman–Crippen MR) is 89.1 cm³/mol. The largest absolute Gasteiger partial charge is 0.377 e. The third-order valence-electron chi connectivity index (χ3n) is 5.11. The molecule has 5 heteroatoms. The van der Waals surface area contributed by atoms with Gasteiger partial charge in [-0.3, -0.25) is 9.48 Å². The smallest absolute Gasteiger partial charge is 0.227 e. The molecule has 0 radical (unpaired) electrons. The van der Waals surface area contributed by atoms with E-state index in [1.54, 1.807) is 0 Å². The SMILES string of the molecule is Cc1nn(C)c(C)c1[C@H]1COCCN1C(=O)CC1=CCCCC1. The van der Waals surface area contributed by atoms with Crippen molar-refractivity contribution in [3.05, 3.63) is 28.6 Å². The molecule has 3 rings (SSSR count). The van der Waals surface area contributed by atoms with Crippen molar-refractivity contribution < 1.29 is 9.53 Å². The van der Waals surface area contributed by atoms with Crippen molar-refractivity contribution in [3.63, 3.8) is 0 Å². The van der Waals surface area contributed by atoms with Crippen LogP contribution in [-0.2, 0) is 16.6 Å². The van der Waals surface area contributed by atoms with Gasteiger partial charge in [0.15, 0.2) is 0 Å². The molecule has 5 nitrogen and oxygen atoms in total. The average Bonchev–Trinajstić information content (AvgIpc) is 2.81. The second-order valence-electron chi connectivity index (χ2n) is 6.67. The van der Waals surface area contributed by atoms with Crippen molar-refractivity contribution in [1.82, 2.24) is 14.7 Å². The maximum Gasteiger partial charge on any atom is 0.227 e. The summed E-state index contributed by atoms with van der Waals surface area (Å²) < 4.78 is 7.58. The average molecular weight is 317 g/mol. The zero-order chi connectivity index (χ0) is 16.4. The quantitative estimate of drug-likeness (QED) is 0.805. The van der Waals surface area contributed by atoms with Crippen molar-refractivity contribution >= 4 is 5.91 Å². The summed E-state index contributed by atoms with van der Waals surface area (Å²) in [6.07, 6.45) is 7.49. The lowest BCUT2D eigenvalue weighted by Crippen LogP contribution is -2.43. The van der Waals surface area contributed by atoms with E-state index >= 15 is 0 Å².